The van der Waals surface area contributed by atoms with Gasteiger partial charge in [0.05, 0.1) is 38.3 Å². The Bertz CT molecular complexity index is 720. The monoisotopic (exact) mass is 379 g/mol. The molecule has 2 rings (SSSR count). The van der Waals surface area contributed by atoms with E-state index in [0.717, 1.165) is 16.2 Å². The summed E-state index contributed by atoms with van der Waals surface area (Å²) >= 11 is 7.77. The number of quaternary nitrogens is 1. The Labute approximate surface area is 158 Å². The molecule has 1 atom stereocenters. The number of likely N-dealkylation sites (N-methyl/N-ethyl adjacent to an activating group) is 1. The SMILES string of the molecule is COc1ccc([C@@H](CNC(=O)c2cc(SC)ccc2Cl)[NH+](C)C)cc1. The van der Waals surface area contributed by atoms with E-state index in [2.05, 4.69) is 19.4 Å². The molecule has 2 aromatic rings. The molecule has 0 saturated heterocycles. The summed E-state index contributed by atoms with van der Waals surface area (Å²) in [6, 6.07) is 13.6. The van der Waals surface area contributed by atoms with Gasteiger partial charge in [0.2, 0.25) is 0 Å². The number of nitrogens with one attached hydrogen (secondary N) is 2. The molecule has 0 saturated carbocycles. The summed E-state index contributed by atoms with van der Waals surface area (Å²) in [5.74, 6) is 0.668. The van der Waals surface area contributed by atoms with Crippen LogP contribution in [0.15, 0.2) is 47.4 Å². The lowest BCUT2D eigenvalue weighted by Crippen LogP contribution is -3.07. The van der Waals surface area contributed by atoms with Crippen LogP contribution in [-0.2, 0) is 0 Å². The molecule has 0 heterocycles. The quantitative estimate of drug-likeness (QED) is 0.727. The van der Waals surface area contributed by atoms with E-state index >= 15 is 0 Å². The lowest BCUT2D eigenvalue weighted by Gasteiger charge is -2.22. The summed E-state index contributed by atoms with van der Waals surface area (Å²) in [5, 5.41) is 3.48. The van der Waals surface area contributed by atoms with E-state index in [1.165, 1.54) is 4.90 Å². The van der Waals surface area contributed by atoms with Crippen molar-refractivity contribution in [3.8, 4) is 5.75 Å². The molecule has 6 heteroatoms. The van der Waals surface area contributed by atoms with Crippen LogP contribution in [0.1, 0.15) is 22.0 Å². The highest BCUT2D eigenvalue weighted by atomic mass is 35.5. The number of benzene rings is 2. The molecule has 0 aliphatic rings. The van der Waals surface area contributed by atoms with Gasteiger partial charge in [-0.2, -0.15) is 0 Å². The van der Waals surface area contributed by atoms with Crippen molar-refractivity contribution < 1.29 is 14.4 Å². The standard InChI is InChI=1S/C19H23ClN2O2S/c1-22(2)18(13-5-7-14(24-3)8-6-13)12-21-19(23)16-11-15(25-4)9-10-17(16)20/h5-11,18H,12H2,1-4H3,(H,21,23)/p+1/t18-/m1/s1. The average Bonchev–Trinajstić information content (AvgIpc) is 2.62. The smallest absolute Gasteiger partial charge is 0.253 e. The van der Waals surface area contributed by atoms with Crippen LogP contribution in [0.25, 0.3) is 0 Å². The molecule has 0 unspecified atom stereocenters. The number of amides is 1. The second kappa shape index (κ2) is 9.13. The lowest BCUT2D eigenvalue weighted by atomic mass is 10.1. The van der Waals surface area contributed by atoms with Crippen LogP contribution >= 0.6 is 23.4 Å². The highest BCUT2D eigenvalue weighted by Crippen LogP contribution is 2.23. The zero-order valence-electron chi connectivity index (χ0n) is 14.9. The van der Waals surface area contributed by atoms with Gasteiger partial charge >= 0.3 is 0 Å². The van der Waals surface area contributed by atoms with Gasteiger partial charge in [0.1, 0.15) is 11.8 Å². The number of thioether (sulfide) groups is 1. The zero-order chi connectivity index (χ0) is 18.4. The Hall–Kier alpha value is -1.69. The van der Waals surface area contributed by atoms with Gasteiger partial charge in [-0.1, -0.05) is 11.6 Å². The van der Waals surface area contributed by atoms with Gasteiger partial charge < -0.3 is 15.0 Å². The van der Waals surface area contributed by atoms with Crippen LogP contribution in [0.4, 0.5) is 0 Å². The van der Waals surface area contributed by atoms with E-state index in [1.807, 2.05) is 42.7 Å². The van der Waals surface area contributed by atoms with Crippen LogP contribution in [0.5, 0.6) is 5.75 Å². The summed E-state index contributed by atoms with van der Waals surface area (Å²) in [7, 11) is 5.79. The summed E-state index contributed by atoms with van der Waals surface area (Å²) in [4.78, 5) is 14.8. The predicted octanol–water partition coefficient (Wildman–Crippen LogP) is 2.69. The average molecular weight is 380 g/mol. The van der Waals surface area contributed by atoms with Crippen molar-refractivity contribution in [2.45, 2.75) is 10.9 Å². The number of carbonyl (C=O) groups excluding carboxylic acids is 1. The molecule has 134 valence electrons. The third-order valence-corrected chi connectivity index (χ3v) is 5.15. The van der Waals surface area contributed by atoms with Gasteiger partial charge in [-0.3, -0.25) is 4.79 Å². The number of ether oxygens (including phenoxy) is 1. The highest BCUT2D eigenvalue weighted by Gasteiger charge is 2.20. The Morgan fingerprint density at radius 3 is 2.48 bits per heavy atom. The highest BCUT2D eigenvalue weighted by molar-refractivity contribution is 7.98. The maximum absolute atomic E-state index is 12.6. The molecule has 1 amide bonds. The fourth-order valence-electron chi connectivity index (χ4n) is 2.59. The van der Waals surface area contributed by atoms with E-state index in [1.54, 1.807) is 24.9 Å². The third-order valence-electron chi connectivity index (χ3n) is 4.10. The minimum Gasteiger partial charge on any atom is -0.497 e. The number of hydrogen-bond acceptors (Lipinski definition) is 3. The summed E-state index contributed by atoms with van der Waals surface area (Å²) < 4.78 is 5.21. The van der Waals surface area contributed by atoms with Crippen molar-refractivity contribution in [3.63, 3.8) is 0 Å². The third kappa shape index (κ3) is 5.14. The molecule has 0 aromatic heterocycles. The number of rotatable bonds is 7. The first-order chi connectivity index (χ1) is 12.0. The van der Waals surface area contributed by atoms with Gasteiger partial charge in [0, 0.05) is 10.5 Å². The molecule has 0 spiro atoms. The van der Waals surface area contributed by atoms with Gasteiger partial charge in [-0.05, 0) is 48.7 Å². The van der Waals surface area contributed by atoms with Gasteiger partial charge in [-0.25, -0.2) is 0 Å². The normalized spacial score (nSPS) is 12.1. The minimum absolute atomic E-state index is 0.136. The maximum atomic E-state index is 12.6. The zero-order valence-corrected chi connectivity index (χ0v) is 16.5. The Kier molecular flexibility index (Phi) is 7.17. The molecule has 0 aliphatic heterocycles. The van der Waals surface area contributed by atoms with E-state index in [4.69, 9.17) is 16.3 Å². The first-order valence-corrected chi connectivity index (χ1v) is 9.62. The molecule has 25 heavy (non-hydrogen) atoms. The largest absolute Gasteiger partial charge is 0.497 e. The fraction of sp³-hybridized carbons (Fsp3) is 0.316. The van der Waals surface area contributed by atoms with Crippen LogP contribution in [0.2, 0.25) is 5.02 Å². The van der Waals surface area contributed by atoms with Crippen LogP contribution in [0.3, 0.4) is 0 Å². The number of halogens is 1. The molecule has 0 radical (unpaired) electrons. The first kappa shape index (κ1) is 19.6. The van der Waals surface area contributed by atoms with Gasteiger partial charge in [0.25, 0.3) is 5.91 Å². The molecule has 0 fully saturated rings. The predicted molar refractivity (Wildman–Crippen MR) is 104 cm³/mol. The van der Waals surface area contributed by atoms with Crippen LogP contribution < -0.4 is 15.0 Å². The van der Waals surface area contributed by atoms with Crippen LogP contribution in [-0.4, -0.2) is 39.9 Å². The van der Waals surface area contributed by atoms with E-state index in [9.17, 15) is 4.79 Å². The number of methoxy groups -OCH3 is 1. The van der Waals surface area contributed by atoms with Crippen molar-refractivity contribution in [1.29, 1.82) is 0 Å². The van der Waals surface area contributed by atoms with Crippen molar-refractivity contribution in [1.82, 2.24) is 5.32 Å². The van der Waals surface area contributed by atoms with Crippen molar-refractivity contribution in [2.75, 3.05) is 34.0 Å². The van der Waals surface area contributed by atoms with E-state index in [0.29, 0.717) is 17.1 Å². The molecular weight excluding hydrogens is 356 g/mol. The molecule has 0 bridgehead atoms. The van der Waals surface area contributed by atoms with Crippen molar-refractivity contribution >= 4 is 29.3 Å². The maximum Gasteiger partial charge on any atom is 0.253 e. The fourth-order valence-corrected chi connectivity index (χ4v) is 3.23. The Morgan fingerprint density at radius 1 is 1.24 bits per heavy atom. The van der Waals surface area contributed by atoms with Gasteiger partial charge in [0.15, 0.2) is 0 Å². The molecule has 2 aromatic carbocycles. The molecule has 4 nitrogen and oxygen atoms in total. The Balaban J connectivity index is 2.11. The van der Waals surface area contributed by atoms with Crippen molar-refractivity contribution in [3.05, 3.63) is 58.6 Å². The van der Waals surface area contributed by atoms with E-state index in [-0.39, 0.29) is 11.9 Å². The summed E-state index contributed by atoms with van der Waals surface area (Å²) in [6.45, 7) is 0.521. The van der Waals surface area contributed by atoms with E-state index < -0.39 is 0 Å². The van der Waals surface area contributed by atoms with Gasteiger partial charge in [-0.15, -0.1) is 11.8 Å². The van der Waals surface area contributed by atoms with Crippen LogP contribution in [0, 0.1) is 0 Å². The Morgan fingerprint density at radius 2 is 1.92 bits per heavy atom. The summed E-state index contributed by atoms with van der Waals surface area (Å²) in [6.07, 6.45) is 1.97. The topological polar surface area (TPSA) is 42.8 Å². The first-order valence-electron chi connectivity index (χ1n) is 8.02. The molecule has 0 aliphatic carbocycles. The second-order valence-electron chi connectivity index (χ2n) is 5.96. The molecule has 2 N–H and O–H groups in total. The molecular formula is C19H24ClN2O2S+. The number of hydrogen-bond donors (Lipinski definition) is 2. The van der Waals surface area contributed by atoms with Crippen molar-refractivity contribution in [2.24, 2.45) is 0 Å². The minimum atomic E-state index is -0.152. The lowest BCUT2D eigenvalue weighted by molar-refractivity contribution is -0.890. The number of carbonyl (C=O) groups is 1. The summed E-state index contributed by atoms with van der Waals surface area (Å²) in [5.41, 5.74) is 1.65. The second-order valence-corrected chi connectivity index (χ2v) is 7.25.